The van der Waals surface area contributed by atoms with Crippen molar-refractivity contribution in [3.8, 4) is 0 Å². The summed E-state index contributed by atoms with van der Waals surface area (Å²) in [5.74, 6) is 0.416. The van der Waals surface area contributed by atoms with Crippen molar-refractivity contribution in [3.63, 3.8) is 0 Å². The lowest BCUT2D eigenvalue weighted by Crippen LogP contribution is -2.19. The molecular formula is C17H21N7O3. The predicted molar refractivity (Wildman–Crippen MR) is 98.2 cm³/mol. The van der Waals surface area contributed by atoms with E-state index in [1.165, 1.54) is 0 Å². The molecule has 3 heterocycles. The molecule has 2 aliphatic rings. The molecule has 0 unspecified atom stereocenters. The number of fused-ring (bicyclic) bond motifs is 1. The van der Waals surface area contributed by atoms with Crippen LogP contribution in [0.3, 0.4) is 0 Å². The third-order valence-electron chi connectivity index (χ3n) is 4.34. The third kappa shape index (κ3) is 3.90. The Morgan fingerprint density at radius 1 is 1.37 bits per heavy atom. The second-order valence-corrected chi connectivity index (χ2v) is 6.62. The summed E-state index contributed by atoms with van der Waals surface area (Å²) in [4.78, 5) is 32.3. The second kappa shape index (κ2) is 7.31. The summed E-state index contributed by atoms with van der Waals surface area (Å²) in [5.41, 5.74) is 1.64. The molecule has 2 aromatic heterocycles. The van der Waals surface area contributed by atoms with Crippen LogP contribution in [0.15, 0.2) is 11.8 Å². The van der Waals surface area contributed by atoms with Crippen LogP contribution in [0, 0.1) is 0 Å². The fourth-order valence-corrected chi connectivity index (χ4v) is 2.80. The summed E-state index contributed by atoms with van der Waals surface area (Å²) in [6.45, 7) is 1.32. The first-order valence-electron chi connectivity index (χ1n) is 8.94. The molecule has 2 fully saturated rings. The van der Waals surface area contributed by atoms with Crippen LogP contribution in [0.5, 0.6) is 0 Å². The highest BCUT2D eigenvalue weighted by Crippen LogP contribution is 2.26. The van der Waals surface area contributed by atoms with Crippen molar-refractivity contribution < 1.29 is 14.3 Å². The molecule has 1 saturated heterocycles. The first-order chi connectivity index (χ1) is 13.1. The van der Waals surface area contributed by atoms with Crippen LogP contribution in [0.2, 0.25) is 0 Å². The van der Waals surface area contributed by atoms with E-state index in [2.05, 4.69) is 31.0 Å². The molecule has 1 aliphatic carbocycles. The lowest BCUT2D eigenvalue weighted by molar-refractivity contribution is -0.124. The zero-order valence-electron chi connectivity index (χ0n) is 15.0. The first-order valence-corrected chi connectivity index (χ1v) is 8.94. The van der Waals surface area contributed by atoms with Gasteiger partial charge in [0.05, 0.1) is 12.6 Å². The molecule has 2 amide bonds. The zero-order valence-corrected chi connectivity index (χ0v) is 15.0. The monoisotopic (exact) mass is 371 g/mol. The van der Waals surface area contributed by atoms with Crippen LogP contribution in [-0.2, 0) is 14.3 Å². The highest BCUT2D eigenvalue weighted by atomic mass is 16.5. The average Bonchev–Trinajstić information content (AvgIpc) is 3.28. The van der Waals surface area contributed by atoms with E-state index in [1.807, 2.05) is 0 Å². The molecule has 2 aromatic rings. The fourth-order valence-electron chi connectivity index (χ4n) is 2.80. The van der Waals surface area contributed by atoms with E-state index in [-0.39, 0.29) is 18.2 Å². The lowest BCUT2D eigenvalue weighted by atomic mass is 10.1. The van der Waals surface area contributed by atoms with Crippen LogP contribution in [-0.4, -0.2) is 57.7 Å². The van der Waals surface area contributed by atoms with Crippen molar-refractivity contribution in [1.82, 2.24) is 24.9 Å². The van der Waals surface area contributed by atoms with E-state index in [9.17, 15) is 9.59 Å². The minimum absolute atomic E-state index is 0.0660. The number of hydrogen-bond donors (Lipinski definition) is 3. The number of amides is 2. The molecule has 0 bridgehead atoms. The van der Waals surface area contributed by atoms with Crippen LogP contribution in [0.25, 0.3) is 11.7 Å². The topological polar surface area (TPSA) is 123 Å². The zero-order chi connectivity index (χ0) is 18.8. The third-order valence-corrected chi connectivity index (χ3v) is 4.34. The van der Waals surface area contributed by atoms with Gasteiger partial charge in [-0.05, 0) is 25.3 Å². The lowest BCUT2D eigenvalue weighted by Gasteiger charge is -2.10. The summed E-state index contributed by atoms with van der Waals surface area (Å²) in [5, 5.41) is 13.2. The van der Waals surface area contributed by atoms with Gasteiger partial charge < -0.3 is 15.4 Å². The van der Waals surface area contributed by atoms with Gasteiger partial charge in [-0.1, -0.05) is 0 Å². The van der Waals surface area contributed by atoms with Gasteiger partial charge in [0.15, 0.2) is 5.65 Å². The first kappa shape index (κ1) is 17.4. The van der Waals surface area contributed by atoms with E-state index in [4.69, 9.17) is 4.74 Å². The number of carbonyl (C=O) groups excluding carboxylic acids is 2. The standard InChI is InChI=1S/C17H21N7O3/c1-27-6-2-5-18-16-22-14-11(7-10-8-13(25)21-15(10)26)9-19-24(14)17(23-16)20-12-3-4-12/h7,9,12H,2-6,8H2,1H3,(H,21,25,26)(H2,18,20,22,23)/b10-7+. The maximum Gasteiger partial charge on any atom is 0.254 e. The minimum Gasteiger partial charge on any atom is -0.385 e. The Morgan fingerprint density at radius 3 is 2.93 bits per heavy atom. The van der Waals surface area contributed by atoms with Gasteiger partial charge in [0.1, 0.15) is 0 Å². The van der Waals surface area contributed by atoms with Gasteiger partial charge in [0, 0.05) is 37.4 Å². The molecule has 0 aromatic carbocycles. The van der Waals surface area contributed by atoms with Gasteiger partial charge in [-0.3, -0.25) is 14.9 Å². The fraction of sp³-hybridized carbons (Fsp3) is 0.471. The van der Waals surface area contributed by atoms with Crippen LogP contribution in [0.4, 0.5) is 11.9 Å². The van der Waals surface area contributed by atoms with Gasteiger partial charge in [0.25, 0.3) is 5.91 Å². The molecule has 10 heteroatoms. The number of ether oxygens (including phenoxy) is 1. The molecule has 1 aliphatic heterocycles. The Labute approximate surface area is 155 Å². The SMILES string of the molecule is COCCCNc1nc(NC2CC2)n2ncc(/C=C3\CC(=O)NC3=O)c2n1. The van der Waals surface area contributed by atoms with Gasteiger partial charge in [-0.2, -0.15) is 19.6 Å². The molecule has 0 atom stereocenters. The molecule has 27 heavy (non-hydrogen) atoms. The summed E-state index contributed by atoms with van der Waals surface area (Å²) in [7, 11) is 1.66. The molecule has 0 spiro atoms. The van der Waals surface area contributed by atoms with E-state index < -0.39 is 0 Å². The maximum absolute atomic E-state index is 11.8. The van der Waals surface area contributed by atoms with Crippen molar-refractivity contribution in [1.29, 1.82) is 0 Å². The number of anilines is 2. The smallest absolute Gasteiger partial charge is 0.254 e. The Hall–Kier alpha value is -3.01. The highest BCUT2D eigenvalue weighted by Gasteiger charge is 2.26. The Bertz CT molecular complexity index is 917. The van der Waals surface area contributed by atoms with Gasteiger partial charge in [-0.25, -0.2) is 0 Å². The van der Waals surface area contributed by atoms with Crippen molar-refractivity contribution in [2.45, 2.75) is 31.7 Å². The number of nitrogens with one attached hydrogen (secondary N) is 3. The highest BCUT2D eigenvalue weighted by molar-refractivity contribution is 6.15. The van der Waals surface area contributed by atoms with Crippen LogP contribution >= 0.6 is 0 Å². The maximum atomic E-state index is 11.8. The Balaban J connectivity index is 1.67. The Morgan fingerprint density at radius 2 is 2.22 bits per heavy atom. The van der Waals surface area contributed by atoms with E-state index >= 15 is 0 Å². The van der Waals surface area contributed by atoms with Crippen molar-refractivity contribution >= 4 is 35.4 Å². The predicted octanol–water partition coefficient (Wildman–Crippen LogP) is 0.577. The Kier molecular flexibility index (Phi) is 4.71. The number of methoxy groups -OCH3 is 1. The minimum atomic E-state index is -0.373. The molecule has 1 saturated carbocycles. The number of rotatable bonds is 8. The van der Waals surface area contributed by atoms with Gasteiger partial charge >= 0.3 is 0 Å². The van der Waals surface area contributed by atoms with Crippen molar-refractivity contribution in [3.05, 3.63) is 17.3 Å². The van der Waals surface area contributed by atoms with Crippen LogP contribution in [0.1, 0.15) is 31.2 Å². The molecule has 10 nitrogen and oxygen atoms in total. The van der Waals surface area contributed by atoms with E-state index in [0.29, 0.717) is 47.9 Å². The van der Waals surface area contributed by atoms with Crippen molar-refractivity contribution in [2.75, 3.05) is 30.9 Å². The summed E-state index contributed by atoms with van der Waals surface area (Å²) in [6.07, 6.45) is 6.38. The van der Waals surface area contributed by atoms with E-state index in [1.54, 1.807) is 23.9 Å². The summed E-state index contributed by atoms with van der Waals surface area (Å²) >= 11 is 0. The number of hydrogen-bond acceptors (Lipinski definition) is 8. The second-order valence-electron chi connectivity index (χ2n) is 6.62. The molecule has 4 rings (SSSR count). The summed E-state index contributed by atoms with van der Waals surface area (Å²) in [6, 6.07) is 0.397. The molecular weight excluding hydrogens is 350 g/mol. The quantitative estimate of drug-likeness (QED) is 0.350. The molecule has 3 N–H and O–H groups in total. The average molecular weight is 371 g/mol. The number of aromatic nitrogens is 4. The number of nitrogens with zero attached hydrogens (tertiary/aromatic N) is 4. The molecule has 0 radical (unpaired) electrons. The van der Waals surface area contributed by atoms with E-state index in [0.717, 1.165) is 19.3 Å². The van der Waals surface area contributed by atoms with Gasteiger partial charge in [-0.15, -0.1) is 0 Å². The largest absolute Gasteiger partial charge is 0.385 e. The number of carbonyl (C=O) groups is 2. The normalized spacial score (nSPS) is 18.3. The summed E-state index contributed by atoms with van der Waals surface area (Å²) < 4.78 is 6.68. The van der Waals surface area contributed by atoms with Crippen LogP contribution < -0.4 is 16.0 Å². The molecule has 142 valence electrons. The van der Waals surface area contributed by atoms with Gasteiger partial charge in [0.2, 0.25) is 17.8 Å². The number of imide groups is 1. The van der Waals surface area contributed by atoms with Crippen molar-refractivity contribution in [2.24, 2.45) is 0 Å².